The number of aryl methyl sites for hydroxylation is 1. The van der Waals surface area contributed by atoms with Gasteiger partial charge in [0, 0.05) is 0 Å². The van der Waals surface area contributed by atoms with E-state index in [0.29, 0.717) is 0 Å². The summed E-state index contributed by atoms with van der Waals surface area (Å²) >= 11 is 0.802. The Hall–Kier alpha value is -0.261. The average Bonchev–Trinajstić information content (AvgIpc) is 2.33. The van der Waals surface area contributed by atoms with Crippen molar-refractivity contribution in [3.05, 3.63) is 29.8 Å². The molecule has 0 nitrogen and oxygen atoms in total. The molecule has 9 heavy (non-hydrogen) atoms. The van der Waals surface area contributed by atoms with Gasteiger partial charge in [-0.05, 0) is 0 Å². The van der Waals surface area contributed by atoms with Gasteiger partial charge >= 0.3 is 61.0 Å². The molecule has 0 N–H and O–H groups in total. The van der Waals surface area contributed by atoms with Gasteiger partial charge in [0.25, 0.3) is 0 Å². The fraction of sp³-hybridized carbons (Fsp3) is 0.250. The number of fused-ring (bicyclic) bond motifs is 1. The summed E-state index contributed by atoms with van der Waals surface area (Å²) in [5.41, 5.74) is 1.59. The van der Waals surface area contributed by atoms with Crippen LogP contribution in [0.15, 0.2) is 24.3 Å². The Labute approximate surface area is 61.4 Å². The first-order chi connectivity index (χ1) is 4.47. The first-order valence-corrected chi connectivity index (χ1v) is 5.24. The summed E-state index contributed by atoms with van der Waals surface area (Å²) in [7, 11) is 0. The van der Waals surface area contributed by atoms with Gasteiger partial charge in [-0.3, -0.25) is 0 Å². The van der Waals surface area contributed by atoms with Crippen LogP contribution < -0.4 is 4.46 Å². The molecule has 0 aliphatic carbocycles. The number of hydrogen-bond donors (Lipinski definition) is 0. The van der Waals surface area contributed by atoms with Crippen molar-refractivity contribution in [1.82, 2.24) is 0 Å². The van der Waals surface area contributed by atoms with Crippen molar-refractivity contribution in [1.29, 1.82) is 0 Å². The van der Waals surface area contributed by atoms with Gasteiger partial charge < -0.3 is 0 Å². The molecule has 1 heteroatoms. The molecular formula is C8H8Se. The average molecular weight is 183 g/mol. The third-order valence-electron chi connectivity index (χ3n) is 1.60. The van der Waals surface area contributed by atoms with Crippen molar-refractivity contribution in [2.45, 2.75) is 11.7 Å². The van der Waals surface area contributed by atoms with E-state index in [4.69, 9.17) is 0 Å². The van der Waals surface area contributed by atoms with Gasteiger partial charge in [0.05, 0.1) is 0 Å². The molecule has 1 aliphatic rings. The zero-order valence-electron chi connectivity index (χ0n) is 5.13. The van der Waals surface area contributed by atoms with Crippen LogP contribution in [0.4, 0.5) is 0 Å². The van der Waals surface area contributed by atoms with Crippen LogP contribution >= 0.6 is 0 Å². The summed E-state index contributed by atoms with van der Waals surface area (Å²) in [4.78, 5) is 0. The summed E-state index contributed by atoms with van der Waals surface area (Å²) in [6, 6.07) is 8.80. The Balaban J connectivity index is 2.54. The first-order valence-electron chi connectivity index (χ1n) is 3.17. The van der Waals surface area contributed by atoms with Crippen molar-refractivity contribution in [2.24, 2.45) is 0 Å². The van der Waals surface area contributed by atoms with Crippen LogP contribution in [0.5, 0.6) is 0 Å². The van der Waals surface area contributed by atoms with Crippen molar-refractivity contribution in [3.63, 3.8) is 0 Å². The van der Waals surface area contributed by atoms with Crippen LogP contribution in [0.25, 0.3) is 0 Å². The standard InChI is InChI=1S/C8H8Se/c1-2-4-8-7(3-1)5-6-9-8/h1-4H,5-6H2. The van der Waals surface area contributed by atoms with Crippen molar-refractivity contribution < 1.29 is 0 Å². The molecule has 0 unspecified atom stereocenters. The molecule has 0 saturated heterocycles. The zero-order chi connectivity index (χ0) is 6.10. The Kier molecular flexibility index (Phi) is 1.33. The monoisotopic (exact) mass is 184 g/mol. The zero-order valence-corrected chi connectivity index (χ0v) is 6.84. The predicted molar refractivity (Wildman–Crippen MR) is 40.3 cm³/mol. The molecule has 46 valence electrons. The van der Waals surface area contributed by atoms with E-state index in [1.807, 2.05) is 0 Å². The van der Waals surface area contributed by atoms with Crippen LogP contribution in [-0.2, 0) is 6.42 Å². The van der Waals surface area contributed by atoms with E-state index in [2.05, 4.69) is 24.3 Å². The first kappa shape index (κ1) is 5.52. The summed E-state index contributed by atoms with van der Waals surface area (Å²) < 4.78 is 1.63. The molecular weight excluding hydrogens is 175 g/mol. The molecule has 0 radical (unpaired) electrons. The van der Waals surface area contributed by atoms with Crippen LogP contribution in [0, 0.1) is 0 Å². The van der Waals surface area contributed by atoms with Crippen LogP contribution in [0.3, 0.4) is 0 Å². The van der Waals surface area contributed by atoms with E-state index >= 15 is 0 Å². The summed E-state index contributed by atoms with van der Waals surface area (Å²) in [6.45, 7) is 0. The molecule has 0 aromatic heterocycles. The van der Waals surface area contributed by atoms with Crippen LogP contribution in [-0.4, -0.2) is 15.0 Å². The Bertz CT molecular complexity index is 195. The molecule has 1 aliphatic heterocycles. The topological polar surface area (TPSA) is 0 Å². The van der Waals surface area contributed by atoms with E-state index in [-0.39, 0.29) is 0 Å². The van der Waals surface area contributed by atoms with Crippen molar-refractivity contribution >= 4 is 19.4 Å². The molecule has 1 heterocycles. The summed E-state index contributed by atoms with van der Waals surface area (Å²) in [5.74, 6) is 0. The molecule has 0 amide bonds. The van der Waals surface area contributed by atoms with Gasteiger partial charge in [-0.25, -0.2) is 0 Å². The Morgan fingerprint density at radius 3 is 3.00 bits per heavy atom. The normalized spacial score (nSPS) is 15.6. The van der Waals surface area contributed by atoms with Crippen molar-refractivity contribution in [2.75, 3.05) is 0 Å². The van der Waals surface area contributed by atoms with Gasteiger partial charge in [0.2, 0.25) is 0 Å². The molecule has 0 fully saturated rings. The van der Waals surface area contributed by atoms with E-state index in [0.717, 1.165) is 15.0 Å². The second-order valence-electron chi connectivity index (χ2n) is 2.21. The SMILES string of the molecule is c1ccc2c(c1)CC[Se]2. The molecule has 0 atom stereocenters. The second-order valence-corrected chi connectivity index (χ2v) is 4.59. The quantitative estimate of drug-likeness (QED) is 0.526. The van der Waals surface area contributed by atoms with Gasteiger partial charge in [-0.2, -0.15) is 0 Å². The van der Waals surface area contributed by atoms with Gasteiger partial charge in [0.1, 0.15) is 0 Å². The third kappa shape index (κ3) is 0.910. The van der Waals surface area contributed by atoms with E-state index < -0.39 is 0 Å². The van der Waals surface area contributed by atoms with Crippen LogP contribution in [0.1, 0.15) is 5.56 Å². The van der Waals surface area contributed by atoms with Gasteiger partial charge in [0.15, 0.2) is 0 Å². The molecule has 0 bridgehead atoms. The van der Waals surface area contributed by atoms with Gasteiger partial charge in [-0.1, -0.05) is 0 Å². The molecule has 1 aromatic carbocycles. The molecule has 1 aromatic rings. The predicted octanol–water partition coefficient (Wildman–Crippen LogP) is 0.990. The Morgan fingerprint density at radius 2 is 2.11 bits per heavy atom. The van der Waals surface area contributed by atoms with E-state index in [1.165, 1.54) is 11.7 Å². The maximum atomic E-state index is 2.27. The number of benzene rings is 1. The van der Waals surface area contributed by atoms with Crippen molar-refractivity contribution in [3.8, 4) is 0 Å². The summed E-state index contributed by atoms with van der Waals surface area (Å²) in [5, 5.41) is 1.42. The fourth-order valence-electron chi connectivity index (χ4n) is 1.12. The summed E-state index contributed by atoms with van der Waals surface area (Å²) in [6.07, 6.45) is 1.33. The van der Waals surface area contributed by atoms with Crippen LogP contribution in [0.2, 0.25) is 5.32 Å². The van der Waals surface area contributed by atoms with Gasteiger partial charge in [-0.15, -0.1) is 0 Å². The number of hydrogen-bond acceptors (Lipinski definition) is 0. The number of rotatable bonds is 0. The Morgan fingerprint density at radius 1 is 1.22 bits per heavy atom. The minimum absolute atomic E-state index is 0.802. The molecule has 2 rings (SSSR count). The fourth-order valence-corrected chi connectivity index (χ4v) is 3.37. The molecule has 0 saturated carbocycles. The molecule has 0 spiro atoms. The maximum absolute atomic E-state index is 2.27. The van der Waals surface area contributed by atoms with E-state index in [9.17, 15) is 0 Å². The minimum atomic E-state index is 0.802. The second kappa shape index (κ2) is 2.17. The third-order valence-corrected chi connectivity index (χ3v) is 3.95. The van der Waals surface area contributed by atoms with E-state index in [1.54, 1.807) is 10.0 Å².